The van der Waals surface area contributed by atoms with Gasteiger partial charge in [0.15, 0.2) is 0 Å². The second-order valence-corrected chi connectivity index (χ2v) is 4.92. The van der Waals surface area contributed by atoms with Crippen molar-refractivity contribution in [3.8, 4) is 0 Å². The molecule has 0 fully saturated rings. The van der Waals surface area contributed by atoms with E-state index >= 15 is 0 Å². The molecule has 21 heavy (non-hydrogen) atoms. The maximum atomic E-state index is 12.5. The summed E-state index contributed by atoms with van der Waals surface area (Å²) in [5, 5.41) is 7.04. The Morgan fingerprint density at radius 3 is 2.38 bits per heavy atom. The molecule has 1 aromatic heterocycles. The van der Waals surface area contributed by atoms with Crippen molar-refractivity contribution >= 4 is 0 Å². The fourth-order valence-electron chi connectivity index (χ4n) is 1.96. The normalized spacial score (nSPS) is 11.8. The second kappa shape index (κ2) is 6.76. The number of aromatic nitrogens is 2. The first kappa shape index (κ1) is 15.6. The van der Waals surface area contributed by atoms with Crippen LogP contribution in [-0.4, -0.2) is 16.3 Å². The van der Waals surface area contributed by atoms with Crippen LogP contribution in [-0.2, 0) is 19.3 Å². The summed E-state index contributed by atoms with van der Waals surface area (Å²) in [6.45, 7) is 4.21. The molecule has 0 saturated heterocycles. The Morgan fingerprint density at radius 2 is 1.81 bits per heavy atom. The van der Waals surface area contributed by atoms with Crippen molar-refractivity contribution in [3.63, 3.8) is 0 Å². The summed E-state index contributed by atoms with van der Waals surface area (Å²) >= 11 is 0. The predicted octanol–water partition coefficient (Wildman–Crippen LogP) is 3.45. The Morgan fingerprint density at radius 1 is 1.14 bits per heavy atom. The fraction of sp³-hybridized carbons (Fsp3) is 0.400. The molecule has 0 spiro atoms. The van der Waals surface area contributed by atoms with E-state index in [9.17, 15) is 13.2 Å². The highest BCUT2D eigenvalue weighted by Gasteiger charge is 2.32. The zero-order valence-electron chi connectivity index (χ0n) is 11.8. The van der Waals surface area contributed by atoms with Crippen molar-refractivity contribution in [1.82, 2.24) is 15.1 Å². The summed E-state index contributed by atoms with van der Waals surface area (Å²) in [5.41, 5.74) is 1.36. The molecule has 2 aromatic rings. The number of benzene rings is 1. The summed E-state index contributed by atoms with van der Waals surface area (Å²) in [5.74, 6) is 0. The van der Waals surface area contributed by atoms with Gasteiger partial charge in [0.2, 0.25) is 0 Å². The first-order chi connectivity index (χ1) is 9.99. The smallest absolute Gasteiger partial charge is 0.313 e. The minimum Gasteiger partial charge on any atom is -0.313 e. The van der Waals surface area contributed by atoms with Crippen LogP contribution in [0.3, 0.4) is 0 Å². The average Bonchev–Trinajstić information content (AvgIpc) is 2.90. The van der Waals surface area contributed by atoms with Gasteiger partial charge >= 0.3 is 6.18 Å². The first-order valence-electron chi connectivity index (χ1n) is 6.87. The van der Waals surface area contributed by atoms with Gasteiger partial charge in [0.05, 0.1) is 18.3 Å². The number of alkyl halides is 3. The number of hydrogen-bond donors (Lipinski definition) is 1. The van der Waals surface area contributed by atoms with E-state index in [1.54, 1.807) is 0 Å². The number of halogens is 3. The Hall–Kier alpha value is -1.82. The standard InChI is InChI=1S/C15H18F3N3/c1-2-7-19-8-12-3-5-13(6-4-12)10-21-11-14(9-20-21)15(16,17)18/h3-6,9,11,19H,2,7-8,10H2,1H3. The van der Waals surface area contributed by atoms with Gasteiger partial charge in [-0.15, -0.1) is 0 Å². The molecular formula is C15H18F3N3. The lowest BCUT2D eigenvalue weighted by molar-refractivity contribution is -0.137. The Labute approximate surface area is 121 Å². The van der Waals surface area contributed by atoms with E-state index in [2.05, 4.69) is 17.3 Å². The molecule has 1 aromatic carbocycles. The van der Waals surface area contributed by atoms with Gasteiger partial charge < -0.3 is 5.32 Å². The summed E-state index contributed by atoms with van der Waals surface area (Å²) in [7, 11) is 0. The van der Waals surface area contributed by atoms with Gasteiger partial charge in [-0.1, -0.05) is 31.2 Å². The molecule has 0 atom stereocenters. The van der Waals surface area contributed by atoms with Crippen molar-refractivity contribution in [3.05, 3.63) is 53.3 Å². The predicted molar refractivity (Wildman–Crippen MR) is 74.8 cm³/mol. The van der Waals surface area contributed by atoms with E-state index in [1.165, 1.54) is 4.68 Å². The highest BCUT2D eigenvalue weighted by atomic mass is 19.4. The third-order valence-electron chi connectivity index (χ3n) is 3.08. The van der Waals surface area contributed by atoms with Crippen molar-refractivity contribution in [2.75, 3.05) is 6.54 Å². The minimum absolute atomic E-state index is 0.332. The number of nitrogens with one attached hydrogen (secondary N) is 1. The van der Waals surface area contributed by atoms with E-state index in [4.69, 9.17) is 0 Å². The van der Waals surface area contributed by atoms with Crippen LogP contribution in [0.25, 0.3) is 0 Å². The van der Waals surface area contributed by atoms with Crippen LogP contribution in [0.2, 0.25) is 0 Å². The molecule has 0 amide bonds. The van der Waals surface area contributed by atoms with E-state index in [0.29, 0.717) is 6.54 Å². The monoisotopic (exact) mass is 297 g/mol. The zero-order chi connectivity index (χ0) is 15.3. The van der Waals surface area contributed by atoms with Crippen molar-refractivity contribution < 1.29 is 13.2 Å². The molecule has 114 valence electrons. The van der Waals surface area contributed by atoms with Gasteiger partial charge in [0.25, 0.3) is 0 Å². The molecular weight excluding hydrogens is 279 g/mol. The number of rotatable bonds is 6. The highest BCUT2D eigenvalue weighted by Crippen LogP contribution is 2.28. The largest absolute Gasteiger partial charge is 0.419 e. The van der Waals surface area contributed by atoms with Crippen LogP contribution in [0.1, 0.15) is 30.0 Å². The van der Waals surface area contributed by atoms with Crippen LogP contribution >= 0.6 is 0 Å². The van der Waals surface area contributed by atoms with Gasteiger partial charge in [0.1, 0.15) is 0 Å². The third-order valence-corrected chi connectivity index (χ3v) is 3.08. The third kappa shape index (κ3) is 4.60. The van der Waals surface area contributed by atoms with E-state index in [0.717, 1.165) is 43.0 Å². The van der Waals surface area contributed by atoms with Crippen LogP contribution in [0.5, 0.6) is 0 Å². The zero-order valence-corrected chi connectivity index (χ0v) is 11.8. The topological polar surface area (TPSA) is 29.9 Å². The van der Waals surface area contributed by atoms with Crippen molar-refractivity contribution in [2.45, 2.75) is 32.6 Å². The Bertz CT molecular complexity index is 558. The van der Waals surface area contributed by atoms with Gasteiger partial charge in [-0.2, -0.15) is 18.3 Å². The maximum absolute atomic E-state index is 12.5. The van der Waals surface area contributed by atoms with Gasteiger partial charge in [-0.25, -0.2) is 0 Å². The van der Waals surface area contributed by atoms with Crippen molar-refractivity contribution in [2.24, 2.45) is 0 Å². The van der Waals surface area contributed by atoms with Crippen LogP contribution in [0.4, 0.5) is 13.2 Å². The molecule has 0 aliphatic rings. The van der Waals surface area contributed by atoms with E-state index in [1.807, 2.05) is 24.3 Å². The summed E-state index contributed by atoms with van der Waals surface area (Å²) < 4.78 is 38.7. The van der Waals surface area contributed by atoms with Gasteiger partial charge in [-0.3, -0.25) is 4.68 Å². The molecule has 0 bridgehead atoms. The van der Waals surface area contributed by atoms with Gasteiger partial charge in [-0.05, 0) is 24.1 Å². The molecule has 1 N–H and O–H groups in total. The van der Waals surface area contributed by atoms with Crippen LogP contribution < -0.4 is 5.32 Å². The molecule has 0 radical (unpaired) electrons. The molecule has 6 heteroatoms. The number of nitrogens with zero attached hydrogens (tertiary/aromatic N) is 2. The molecule has 1 heterocycles. The average molecular weight is 297 g/mol. The van der Waals surface area contributed by atoms with Crippen LogP contribution in [0.15, 0.2) is 36.7 Å². The number of hydrogen-bond acceptors (Lipinski definition) is 2. The van der Waals surface area contributed by atoms with E-state index in [-0.39, 0.29) is 0 Å². The maximum Gasteiger partial charge on any atom is 0.419 e. The van der Waals surface area contributed by atoms with E-state index < -0.39 is 11.7 Å². The summed E-state index contributed by atoms with van der Waals surface area (Å²) in [6.07, 6.45) is -1.38. The SMILES string of the molecule is CCCNCc1ccc(Cn2cc(C(F)(F)F)cn2)cc1. The lowest BCUT2D eigenvalue weighted by Crippen LogP contribution is -2.13. The molecule has 0 aliphatic heterocycles. The summed E-state index contributed by atoms with van der Waals surface area (Å²) in [6, 6.07) is 7.79. The fourth-order valence-corrected chi connectivity index (χ4v) is 1.96. The van der Waals surface area contributed by atoms with Gasteiger partial charge in [0, 0.05) is 12.7 Å². The molecule has 0 aliphatic carbocycles. The minimum atomic E-state index is -4.34. The molecule has 0 saturated carbocycles. The second-order valence-electron chi connectivity index (χ2n) is 4.92. The lowest BCUT2D eigenvalue weighted by Gasteiger charge is -2.06. The molecule has 2 rings (SSSR count). The molecule has 0 unspecified atom stereocenters. The quantitative estimate of drug-likeness (QED) is 0.828. The van der Waals surface area contributed by atoms with Crippen LogP contribution in [0, 0.1) is 0 Å². The highest BCUT2D eigenvalue weighted by molar-refractivity contribution is 5.23. The first-order valence-corrected chi connectivity index (χ1v) is 6.87. The summed E-state index contributed by atoms with van der Waals surface area (Å²) in [4.78, 5) is 0. The Kier molecular flexibility index (Phi) is 5.01. The van der Waals surface area contributed by atoms with Crippen molar-refractivity contribution in [1.29, 1.82) is 0 Å². The lowest BCUT2D eigenvalue weighted by atomic mass is 10.1. The molecule has 3 nitrogen and oxygen atoms in total. The Balaban J connectivity index is 1.95.